The number of hydrogen-bond donors (Lipinski definition) is 2. The van der Waals surface area contributed by atoms with Gasteiger partial charge in [-0.15, -0.1) is 11.3 Å². The van der Waals surface area contributed by atoms with Crippen molar-refractivity contribution < 1.29 is 4.79 Å². The van der Waals surface area contributed by atoms with Crippen molar-refractivity contribution in [2.45, 2.75) is 38.1 Å². The number of aryl methyl sites for hydroxylation is 1. The van der Waals surface area contributed by atoms with Crippen LogP contribution in [0.4, 0.5) is 0 Å². The minimum atomic E-state index is 0.0831. The lowest BCUT2D eigenvalue weighted by atomic mass is 10.1. The summed E-state index contributed by atoms with van der Waals surface area (Å²) >= 11 is 13.3. The van der Waals surface area contributed by atoms with Crippen molar-refractivity contribution >= 4 is 40.4 Å². The van der Waals surface area contributed by atoms with E-state index in [0.29, 0.717) is 23.2 Å². The molecule has 1 atom stereocenters. The normalized spacial score (nSPS) is 16.4. The molecule has 19 heavy (non-hydrogen) atoms. The second kappa shape index (κ2) is 6.93. The van der Waals surface area contributed by atoms with Gasteiger partial charge in [0.05, 0.1) is 8.67 Å². The number of carbonyl (C=O) groups is 1. The Hall–Kier alpha value is -0.290. The van der Waals surface area contributed by atoms with Crippen molar-refractivity contribution in [1.82, 2.24) is 5.32 Å². The molecule has 6 heteroatoms. The zero-order chi connectivity index (χ0) is 13.8. The minimum absolute atomic E-state index is 0.0831. The summed E-state index contributed by atoms with van der Waals surface area (Å²) in [5.41, 5.74) is 6.69. The van der Waals surface area contributed by atoms with E-state index >= 15 is 0 Å². The highest BCUT2D eigenvalue weighted by atomic mass is 35.5. The van der Waals surface area contributed by atoms with Gasteiger partial charge in [-0.3, -0.25) is 4.79 Å². The molecule has 0 radical (unpaired) electrons. The van der Waals surface area contributed by atoms with Gasteiger partial charge in [-0.25, -0.2) is 0 Å². The van der Waals surface area contributed by atoms with Gasteiger partial charge in [-0.1, -0.05) is 23.2 Å². The van der Waals surface area contributed by atoms with Crippen LogP contribution in [0.5, 0.6) is 0 Å². The maximum Gasteiger partial charge on any atom is 0.220 e. The predicted octanol–water partition coefficient (Wildman–Crippen LogP) is 3.23. The summed E-state index contributed by atoms with van der Waals surface area (Å²) in [6, 6.07) is 2.03. The number of halogens is 2. The second-order valence-corrected chi connectivity index (χ2v) is 7.24. The minimum Gasteiger partial charge on any atom is -0.352 e. The number of rotatable bonds is 7. The number of thiophene rings is 1. The van der Waals surface area contributed by atoms with Gasteiger partial charge >= 0.3 is 0 Å². The SMILES string of the molecule is NCC(NC(=O)CCCc1cc(Cl)sc1Cl)C1CC1. The summed E-state index contributed by atoms with van der Waals surface area (Å²) in [7, 11) is 0. The Morgan fingerprint density at radius 3 is 2.79 bits per heavy atom. The van der Waals surface area contributed by atoms with E-state index in [4.69, 9.17) is 28.9 Å². The molecule has 1 unspecified atom stereocenters. The summed E-state index contributed by atoms with van der Waals surface area (Å²) in [6.07, 6.45) is 4.44. The molecule has 0 bridgehead atoms. The van der Waals surface area contributed by atoms with Crippen molar-refractivity contribution in [3.05, 3.63) is 20.3 Å². The van der Waals surface area contributed by atoms with Crippen LogP contribution in [0.25, 0.3) is 0 Å². The molecule has 106 valence electrons. The number of nitrogens with one attached hydrogen (secondary N) is 1. The first kappa shape index (κ1) is 15.1. The Morgan fingerprint density at radius 1 is 1.53 bits per heavy atom. The molecule has 1 heterocycles. The molecule has 1 aromatic rings. The summed E-state index contributed by atoms with van der Waals surface area (Å²) < 4.78 is 1.42. The van der Waals surface area contributed by atoms with Crippen LogP contribution in [-0.4, -0.2) is 18.5 Å². The van der Waals surface area contributed by atoms with E-state index in [2.05, 4.69) is 5.32 Å². The molecule has 0 spiro atoms. The van der Waals surface area contributed by atoms with E-state index in [1.54, 1.807) is 0 Å². The first-order valence-corrected chi connectivity index (χ1v) is 8.10. The predicted molar refractivity (Wildman–Crippen MR) is 81.0 cm³/mol. The summed E-state index contributed by atoms with van der Waals surface area (Å²) in [5, 5.41) is 3.01. The molecule has 1 amide bonds. The van der Waals surface area contributed by atoms with E-state index in [0.717, 1.165) is 22.7 Å². The number of carbonyl (C=O) groups excluding carboxylic acids is 1. The molecule has 1 fully saturated rings. The van der Waals surface area contributed by atoms with Gasteiger partial charge in [-0.05, 0) is 43.2 Å². The fraction of sp³-hybridized carbons (Fsp3) is 0.615. The van der Waals surface area contributed by atoms with Gasteiger partial charge in [-0.2, -0.15) is 0 Å². The summed E-state index contributed by atoms with van der Waals surface area (Å²) in [4.78, 5) is 11.8. The first-order valence-electron chi connectivity index (χ1n) is 6.53. The molecule has 1 aliphatic rings. The zero-order valence-corrected chi connectivity index (χ0v) is 13.0. The first-order chi connectivity index (χ1) is 9.10. The molecular formula is C13H18Cl2N2OS. The van der Waals surface area contributed by atoms with Crippen LogP contribution in [0.15, 0.2) is 6.07 Å². The van der Waals surface area contributed by atoms with Crippen LogP contribution in [0, 0.1) is 5.92 Å². The lowest BCUT2D eigenvalue weighted by Gasteiger charge is -2.15. The van der Waals surface area contributed by atoms with Crippen molar-refractivity contribution in [3.8, 4) is 0 Å². The molecular weight excluding hydrogens is 303 g/mol. The Kier molecular flexibility index (Phi) is 5.51. The van der Waals surface area contributed by atoms with E-state index in [-0.39, 0.29) is 11.9 Å². The van der Waals surface area contributed by atoms with Crippen LogP contribution in [-0.2, 0) is 11.2 Å². The average molecular weight is 321 g/mol. The molecule has 0 saturated heterocycles. The van der Waals surface area contributed by atoms with Crippen LogP contribution in [0.2, 0.25) is 8.67 Å². The largest absolute Gasteiger partial charge is 0.352 e. The highest BCUT2D eigenvalue weighted by molar-refractivity contribution is 7.20. The standard InChI is InChI=1S/C13H18Cl2N2OS/c14-11-6-9(13(15)19-11)2-1-3-12(18)17-10(7-16)8-4-5-8/h6,8,10H,1-5,7,16H2,(H,17,18). The molecule has 3 N–H and O–H groups in total. The Labute approximate surface area is 127 Å². The van der Waals surface area contributed by atoms with Crippen LogP contribution >= 0.6 is 34.5 Å². The van der Waals surface area contributed by atoms with E-state index in [1.807, 2.05) is 6.07 Å². The highest BCUT2D eigenvalue weighted by Crippen LogP contribution is 2.33. The van der Waals surface area contributed by atoms with Crippen molar-refractivity contribution in [1.29, 1.82) is 0 Å². The van der Waals surface area contributed by atoms with E-state index in [9.17, 15) is 4.79 Å². The van der Waals surface area contributed by atoms with Gasteiger partial charge in [0.1, 0.15) is 0 Å². The maximum atomic E-state index is 11.8. The Bertz CT molecular complexity index is 446. The number of hydrogen-bond acceptors (Lipinski definition) is 3. The highest BCUT2D eigenvalue weighted by Gasteiger charge is 2.30. The lowest BCUT2D eigenvalue weighted by molar-refractivity contribution is -0.122. The number of amides is 1. The molecule has 2 rings (SSSR count). The summed E-state index contributed by atoms with van der Waals surface area (Å²) in [5.74, 6) is 0.680. The fourth-order valence-electron chi connectivity index (χ4n) is 2.13. The van der Waals surface area contributed by atoms with Crippen molar-refractivity contribution in [2.75, 3.05) is 6.54 Å². The van der Waals surface area contributed by atoms with Gasteiger partial charge in [0.15, 0.2) is 0 Å². The van der Waals surface area contributed by atoms with Crippen molar-refractivity contribution in [2.24, 2.45) is 11.7 Å². The monoisotopic (exact) mass is 320 g/mol. The third kappa shape index (κ3) is 4.63. The van der Waals surface area contributed by atoms with Crippen LogP contribution in [0.3, 0.4) is 0 Å². The van der Waals surface area contributed by atoms with Crippen molar-refractivity contribution in [3.63, 3.8) is 0 Å². The quantitative estimate of drug-likeness (QED) is 0.810. The zero-order valence-electron chi connectivity index (χ0n) is 10.6. The average Bonchev–Trinajstić information content (AvgIpc) is 3.14. The van der Waals surface area contributed by atoms with Crippen LogP contribution in [0.1, 0.15) is 31.2 Å². The smallest absolute Gasteiger partial charge is 0.220 e. The lowest BCUT2D eigenvalue weighted by Crippen LogP contribution is -2.41. The van der Waals surface area contributed by atoms with E-state index < -0.39 is 0 Å². The molecule has 1 saturated carbocycles. The van der Waals surface area contributed by atoms with Gasteiger partial charge in [0, 0.05) is 19.0 Å². The van der Waals surface area contributed by atoms with Crippen LogP contribution < -0.4 is 11.1 Å². The maximum absolute atomic E-state index is 11.8. The number of nitrogens with two attached hydrogens (primary N) is 1. The third-order valence-corrected chi connectivity index (χ3v) is 4.94. The third-order valence-electron chi connectivity index (χ3n) is 3.37. The van der Waals surface area contributed by atoms with Gasteiger partial charge < -0.3 is 11.1 Å². The molecule has 3 nitrogen and oxygen atoms in total. The Morgan fingerprint density at radius 2 is 2.26 bits per heavy atom. The molecule has 1 aliphatic carbocycles. The second-order valence-electron chi connectivity index (χ2n) is 4.95. The Balaban J connectivity index is 1.70. The molecule has 1 aromatic heterocycles. The summed E-state index contributed by atoms with van der Waals surface area (Å²) in [6.45, 7) is 0.530. The fourth-order valence-corrected chi connectivity index (χ4v) is 3.68. The molecule has 0 aliphatic heterocycles. The van der Waals surface area contributed by atoms with E-state index in [1.165, 1.54) is 24.2 Å². The van der Waals surface area contributed by atoms with Gasteiger partial charge in [0.2, 0.25) is 5.91 Å². The van der Waals surface area contributed by atoms with Gasteiger partial charge in [0.25, 0.3) is 0 Å². The molecule has 0 aromatic carbocycles. The topological polar surface area (TPSA) is 55.1 Å².